The van der Waals surface area contributed by atoms with Gasteiger partial charge in [0.2, 0.25) is 0 Å². The molecule has 2 aliphatic rings. The van der Waals surface area contributed by atoms with Crippen LogP contribution in [0.5, 0.6) is 0 Å². The van der Waals surface area contributed by atoms with Crippen molar-refractivity contribution in [3.63, 3.8) is 0 Å². The van der Waals surface area contributed by atoms with Crippen molar-refractivity contribution in [2.24, 2.45) is 0 Å². The van der Waals surface area contributed by atoms with E-state index in [1.807, 2.05) is 30.9 Å². The van der Waals surface area contributed by atoms with Crippen LogP contribution in [0.15, 0.2) is 18.2 Å². The Morgan fingerprint density at radius 3 is 2.80 bits per heavy atom. The van der Waals surface area contributed by atoms with E-state index in [0.717, 1.165) is 30.6 Å². The molecule has 1 saturated heterocycles. The monoisotopic (exact) mass is 274 g/mol. The topological polar surface area (TPSA) is 41.6 Å². The number of fused-ring (bicyclic) bond motifs is 1. The number of carbonyl (C=O) groups is 1. The van der Waals surface area contributed by atoms with Crippen LogP contribution in [0.2, 0.25) is 0 Å². The van der Waals surface area contributed by atoms with Gasteiger partial charge in [-0.3, -0.25) is 4.79 Å². The lowest BCUT2D eigenvalue weighted by Gasteiger charge is -2.36. The van der Waals surface area contributed by atoms with Crippen LogP contribution in [0.3, 0.4) is 0 Å². The molecular weight excluding hydrogens is 252 g/mol. The summed E-state index contributed by atoms with van der Waals surface area (Å²) in [5, 5.41) is 3.38. The van der Waals surface area contributed by atoms with E-state index >= 15 is 0 Å². The van der Waals surface area contributed by atoms with Gasteiger partial charge in [0.1, 0.15) is 0 Å². The molecule has 1 fully saturated rings. The third-order valence-electron chi connectivity index (χ3n) is 4.03. The summed E-state index contributed by atoms with van der Waals surface area (Å²) >= 11 is 0. The van der Waals surface area contributed by atoms with E-state index in [1.54, 1.807) is 0 Å². The summed E-state index contributed by atoms with van der Waals surface area (Å²) in [7, 11) is 0. The molecular formula is C16H22N2O2. The number of rotatable bonds is 1. The van der Waals surface area contributed by atoms with Gasteiger partial charge >= 0.3 is 0 Å². The largest absolute Gasteiger partial charge is 0.385 e. The first-order valence-corrected chi connectivity index (χ1v) is 7.45. The van der Waals surface area contributed by atoms with Crippen LogP contribution in [0, 0.1) is 0 Å². The highest BCUT2D eigenvalue weighted by molar-refractivity contribution is 5.97. The van der Waals surface area contributed by atoms with Gasteiger partial charge in [0, 0.05) is 30.9 Å². The van der Waals surface area contributed by atoms with Gasteiger partial charge in [-0.25, -0.2) is 0 Å². The second kappa shape index (κ2) is 5.44. The molecule has 1 aromatic rings. The number of carbonyl (C=O) groups excluding carboxylic acids is 1. The standard InChI is InChI=1S/C16H22N2O2/c1-11-9-18(10-12(2)20-11)16(19)14-5-3-7-15-13(14)6-4-8-17-15/h3,5,7,11-12,17H,4,6,8-10H2,1-2H3. The van der Waals surface area contributed by atoms with E-state index in [2.05, 4.69) is 11.4 Å². The number of benzene rings is 1. The van der Waals surface area contributed by atoms with Gasteiger partial charge in [-0.2, -0.15) is 0 Å². The lowest BCUT2D eigenvalue weighted by Crippen LogP contribution is -2.48. The van der Waals surface area contributed by atoms with Crippen molar-refractivity contribution >= 4 is 11.6 Å². The maximum absolute atomic E-state index is 12.8. The fourth-order valence-electron chi connectivity index (χ4n) is 3.22. The summed E-state index contributed by atoms with van der Waals surface area (Å²) in [4.78, 5) is 14.7. The number of hydrogen-bond acceptors (Lipinski definition) is 3. The zero-order chi connectivity index (χ0) is 14.1. The Bertz CT molecular complexity index is 505. The van der Waals surface area contributed by atoms with E-state index in [9.17, 15) is 4.79 Å². The Balaban J connectivity index is 1.87. The Labute approximate surface area is 120 Å². The second-order valence-electron chi connectivity index (χ2n) is 5.83. The first-order chi connectivity index (χ1) is 9.65. The van der Waals surface area contributed by atoms with Crippen molar-refractivity contribution < 1.29 is 9.53 Å². The number of amides is 1. The van der Waals surface area contributed by atoms with Crippen molar-refractivity contribution in [2.75, 3.05) is 25.0 Å². The van der Waals surface area contributed by atoms with E-state index in [0.29, 0.717) is 13.1 Å². The van der Waals surface area contributed by atoms with Crippen LogP contribution in [0.4, 0.5) is 5.69 Å². The minimum atomic E-state index is 0.111. The van der Waals surface area contributed by atoms with Crippen molar-refractivity contribution in [2.45, 2.75) is 38.9 Å². The SMILES string of the molecule is CC1CN(C(=O)c2cccc3c2CCCN3)CC(C)O1. The number of ether oxygens (including phenoxy) is 1. The van der Waals surface area contributed by atoms with Crippen LogP contribution in [-0.4, -0.2) is 42.6 Å². The summed E-state index contributed by atoms with van der Waals surface area (Å²) in [6.07, 6.45) is 2.30. The quantitative estimate of drug-likeness (QED) is 0.854. The fraction of sp³-hybridized carbons (Fsp3) is 0.562. The summed E-state index contributed by atoms with van der Waals surface area (Å²) in [5.74, 6) is 0.146. The normalized spacial score (nSPS) is 25.8. The number of nitrogens with one attached hydrogen (secondary N) is 1. The van der Waals surface area contributed by atoms with Crippen molar-refractivity contribution in [1.29, 1.82) is 0 Å². The smallest absolute Gasteiger partial charge is 0.254 e. The molecule has 2 aliphatic heterocycles. The molecule has 0 saturated carbocycles. The predicted octanol–water partition coefficient (Wildman–Crippen LogP) is 2.29. The molecule has 1 amide bonds. The number of hydrogen-bond donors (Lipinski definition) is 1. The number of anilines is 1. The molecule has 0 spiro atoms. The highest BCUT2D eigenvalue weighted by atomic mass is 16.5. The van der Waals surface area contributed by atoms with Crippen molar-refractivity contribution in [1.82, 2.24) is 4.90 Å². The zero-order valence-corrected chi connectivity index (χ0v) is 12.2. The summed E-state index contributed by atoms with van der Waals surface area (Å²) in [6, 6.07) is 5.99. The molecule has 3 rings (SSSR count). The fourth-order valence-corrected chi connectivity index (χ4v) is 3.22. The average molecular weight is 274 g/mol. The summed E-state index contributed by atoms with van der Waals surface area (Å²) in [6.45, 7) is 6.41. The summed E-state index contributed by atoms with van der Waals surface area (Å²) < 4.78 is 5.71. The van der Waals surface area contributed by atoms with E-state index in [4.69, 9.17) is 4.74 Å². The van der Waals surface area contributed by atoms with Gasteiger partial charge in [-0.1, -0.05) is 6.07 Å². The third-order valence-corrected chi connectivity index (χ3v) is 4.03. The van der Waals surface area contributed by atoms with Gasteiger partial charge in [-0.05, 0) is 44.4 Å². The molecule has 20 heavy (non-hydrogen) atoms. The molecule has 1 aromatic carbocycles. The molecule has 2 atom stereocenters. The minimum absolute atomic E-state index is 0.111. The molecule has 0 aliphatic carbocycles. The van der Waals surface area contributed by atoms with Crippen LogP contribution in [-0.2, 0) is 11.2 Å². The Kier molecular flexibility index (Phi) is 3.66. The second-order valence-corrected chi connectivity index (χ2v) is 5.83. The number of nitrogens with zero attached hydrogens (tertiary/aromatic N) is 1. The average Bonchev–Trinajstić information content (AvgIpc) is 2.45. The van der Waals surface area contributed by atoms with Crippen LogP contribution in [0.25, 0.3) is 0 Å². The maximum atomic E-state index is 12.8. The maximum Gasteiger partial charge on any atom is 0.254 e. The van der Waals surface area contributed by atoms with Gasteiger partial charge in [-0.15, -0.1) is 0 Å². The zero-order valence-electron chi connectivity index (χ0n) is 12.2. The lowest BCUT2D eigenvalue weighted by molar-refractivity contribution is -0.0586. The molecule has 0 radical (unpaired) electrons. The highest BCUT2D eigenvalue weighted by Crippen LogP contribution is 2.27. The van der Waals surface area contributed by atoms with Crippen molar-refractivity contribution in [3.8, 4) is 0 Å². The number of morpholine rings is 1. The van der Waals surface area contributed by atoms with E-state index in [1.165, 1.54) is 5.56 Å². The van der Waals surface area contributed by atoms with Gasteiger partial charge < -0.3 is 15.0 Å². The Hall–Kier alpha value is -1.55. The van der Waals surface area contributed by atoms with Crippen LogP contribution < -0.4 is 5.32 Å². The molecule has 2 heterocycles. The van der Waals surface area contributed by atoms with Gasteiger partial charge in [0.25, 0.3) is 5.91 Å². The van der Waals surface area contributed by atoms with Crippen LogP contribution in [0.1, 0.15) is 36.2 Å². The Morgan fingerprint density at radius 2 is 2.05 bits per heavy atom. The molecule has 0 bridgehead atoms. The molecule has 108 valence electrons. The molecule has 4 nitrogen and oxygen atoms in total. The summed E-state index contributed by atoms with van der Waals surface area (Å²) in [5.41, 5.74) is 3.16. The first kappa shape index (κ1) is 13.4. The highest BCUT2D eigenvalue weighted by Gasteiger charge is 2.28. The lowest BCUT2D eigenvalue weighted by atomic mass is 9.96. The van der Waals surface area contributed by atoms with Gasteiger partial charge in [0.05, 0.1) is 12.2 Å². The predicted molar refractivity (Wildman–Crippen MR) is 79.2 cm³/mol. The minimum Gasteiger partial charge on any atom is -0.385 e. The first-order valence-electron chi connectivity index (χ1n) is 7.45. The molecule has 2 unspecified atom stereocenters. The molecule has 1 N–H and O–H groups in total. The third kappa shape index (κ3) is 2.52. The van der Waals surface area contributed by atoms with Crippen LogP contribution >= 0.6 is 0 Å². The molecule has 4 heteroatoms. The molecule has 0 aromatic heterocycles. The van der Waals surface area contributed by atoms with Crippen molar-refractivity contribution in [3.05, 3.63) is 29.3 Å². The Morgan fingerprint density at radius 1 is 1.30 bits per heavy atom. The van der Waals surface area contributed by atoms with Gasteiger partial charge in [0.15, 0.2) is 0 Å². The van der Waals surface area contributed by atoms with E-state index in [-0.39, 0.29) is 18.1 Å². The van der Waals surface area contributed by atoms with E-state index < -0.39 is 0 Å².